The Balaban J connectivity index is 1.69. The first-order chi connectivity index (χ1) is 12.4. The Morgan fingerprint density at radius 1 is 1.12 bits per heavy atom. The Bertz CT molecular complexity index is 1090. The quantitative estimate of drug-likeness (QED) is 0.712. The summed E-state index contributed by atoms with van der Waals surface area (Å²) in [6.07, 6.45) is -3.94. The first-order valence-electron chi connectivity index (χ1n) is 7.93. The molecule has 2 aromatic carbocycles. The molecule has 1 N–H and O–H groups in total. The molecule has 0 atom stereocenters. The van der Waals surface area contributed by atoms with E-state index in [9.17, 15) is 18.0 Å². The van der Waals surface area contributed by atoms with Gasteiger partial charge in [0.25, 0.3) is 5.56 Å². The van der Waals surface area contributed by atoms with Crippen LogP contribution in [0.1, 0.15) is 17.8 Å². The second-order valence-corrected chi connectivity index (χ2v) is 5.91. The van der Waals surface area contributed by atoms with E-state index in [-0.39, 0.29) is 11.2 Å². The lowest BCUT2D eigenvalue weighted by Gasteiger charge is -2.08. The maximum Gasteiger partial charge on any atom is 0.416 e. The van der Waals surface area contributed by atoms with E-state index in [1.807, 2.05) is 0 Å². The standard InChI is InChI=1S/C18H13F3N4O/c19-18(20,21)11-4-3-5-12(10-11)23-24-15-8-9-25-16(15)22-14-7-2-1-6-13(14)17(25)26/h1-7,10,23H,8-9H2/b24-15-. The fourth-order valence-electron chi connectivity index (χ4n) is 2.93. The number of benzene rings is 2. The second kappa shape index (κ2) is 5.98. The highest BCUT2D eigenvalue weighted by molar-refractivity contribution is 6.01. The minimum atomic E-state index is -4.42. The summed E-state index contributed by atoms with van der Waals surface area (Å²) in [6, 6.07) is 11.8. The smallest absolute Gasteiger partial charge is 0.291 e. The van der Waals surface area contributed by atoms with Crippen LogP contribution in [-0.2, 0) is 12.7 Å². The Morgan fingerprint density at radius 2 is 1.92 bits per heavy atom. The zero-order valence-corrected chi connectivity index (χ0v) is 13.4. The number of aromatic nitrogens is 2. The van der Waals surface area contributed by atoms with Crippen molar-refractivity contribution >= 4 is 22.3 Å². The number of rotatable bonds is 2. The summed E-state index contributed by atoms with van der Waals surface area (Å²) >= 11 is 0. The van der Waals surface area contributed by atoms with E-state index >= 15 is 0 Å². The molecule has 2 heterocycles. The van der Waals surface area contributed by atoms with Crippen molar-refractivity contribution in [2.45, 2.75) is 19.1 Å². The normalized spacial score (nSPS) is 15.4. The molecular formula is C18H13F3N4O. The molecule has 0 unspecified atom stereocenters. The molecule has 0 bridgehead atoms. The summed E-state index contributed by atoms with van der Waals surface area (Å²) in [5, 5.41) is 4.71. The van der Waals surface area contributed by atoms with Gasteiger partial charge in [-0.15, -0.1) is 0 Å². The average molecular weight is 358 g/mol. The number of hydrogen-bond donors (Lipinski definition) is 1. The predicted molar refractivity (Wildman–Crippen MR) is 92.2 cm³/mol. The third-order valence-corrected chi connectivity index (χ3v) is 4.20. The van der Waals surface area contributed by atoms with Crippen LogP contribution in [0.25, 0.3) is 10.9 Å². The fraction of sp³-hybridized carbons (Fsp3) is 0.167. The molecule has 5 nitrogen and oxygen atoms in total. The van der Waals surface area contributed by atoms with Crippen molar-refractivity contribution in [3.8, 4) is 0 Å². The van der Waals surface area contributed by atoms with Crippen molar-refractivity contribution < 1.29 is 13.2 Å². The van der Waals surface area contributed by atoms with Crippen LogP contribution in [0, 0.1) is 0 Å². The lowest BCUT2D eigenvalue weighted by Crippen LogP contribution is -2.21. The van der Waals surface area contributed by atoms with Gasteiger partial charge in [-0.2, -0.15) is 18.3 Å². The molecular weight excluding hydrogens is 345 g/mol. The number of halogens is 3. The fourth-order valence-corrected chi connectivity index (χ4v) is 2.93. The van der Waals surface area contributed by atoms with Gasteiger partial charge in [-0.3, -0.25) is 14.8 Å². The van der Waals surface area contributed by atoms with Gasteiger partial charge >= 0.3 is 6.18 Å². The zero-order chi connectivity index (χ0) is 18.3. The molecule has 0 amide bonds. The maximum absolute atomic E-state index is 12.8. The molecule has 1 aliphatic rings. The average Bonchev–Trinajstić information content (AvgIpc) is 3.03. The number of alkyl halides is 3. The van der Waals surface area contributed by atoms with Gasteiger partial charge in [0.05, 0.1) is 22.2 Å². The molecule has 1 aromatic heterocycles. The van der Waals surface area contributed by atoms with E-state index < -0.39 is 11.7 Å². The van der Waals surface area contributed by atoms with Crippen LogP contribution >= 0.6 is 0 Å². The lowest BCUT2D eigenvalue weighted by molar-refractivity contribution is -0.137. The predicted octanol–water partition coefficient (Wildman–Crippen LogP) is 3.64. The topological polar surface area (TPSA) is 59.3 Å². The minimum absolute atomic E-state index is 0.144. The summed E-state index contributed by atoms with van der Waals surface area (Å²) in [5.74, 6) is 0.438. The molecule has 0 saturated heterocycles. The molecule has 8 heteroatoms. The van der Waals surface area contributed by atoms with Crippen LogP contribution in [0.3, 0.4) is 0 Å². The van der Waals surface area contributed by atoms with Crippen LogP contribution in [0.5, 0.6) is 0 Å². The van der Waals surface area contributed by atoms with Gasteiger partial charge in [0, 0.05) is 13.0 Å². The molecule has 3 aromatic rings. The molecule has 0 spiro atoms. The van der Waals surface area contributed by atoms with E-state index in [0.717, 1.165) is 12.1 Å². The monoisotopic (exact) mass is 358 g/mol. The third-order valence-electron chi connectivity index (χ3n) is 4.20. The van der Waals surface area contributed by atoms with Gasteiger partial charge in [-0.05, 0) is 30.3 Å². The third kappa shape index (κ3) is 2.83. The minimum Gasteiger partial charge on any atom is -0.291 e. The van der Waals surface area contributed by atoms with E-state index in [4.69, 9.17) is 0 Å². The largest absolute Gasteiger partial charge is 0.416 e. The zero-order valence-electron chi connectivity index (χ0n) is 13.4. The highest BCUT2D eigenvalue weighted by Gasteiger charge is 2.30. The summed E-state index contributed by atoms with van der Waals surface area (Å²) in [4.78, 5) is 17.0. The Labute approximate surface area is 145 Å². The summed E-state index contributed by atoms with van der Waals surface area (Å²) in [6.45, 7) is 0.440. The lowest BCUT2D eigenvalue weighted by atomic mass is 10.2. The molecule has 1 aliphatic heterocycles. The van der Waals surface area contributed by atoms with Crippen LogP contribution in [0.15, 0.2) is 58.4 Å². The molecule has 0 aliphatic carbocycles. The van der Waals surface area contributed by atoms with E-state index in [2.05, 4.69) is 15.5 Å². The van der Waals surface area contributed by atoms with E-state index in [0.29, 0.717) is 35.4 Å². The van der Waals surface area contributed by atoms with Crippen molar-refractivity contribution in [1.82, 2.24) is 9.55 Å². The highest BCUT2D eigenvalue weighted by atomic mass is 19.4. The molecule has 132 valence electrons. The number of fused-ring (bicyclic) bond motifs is 2. The number of nitrogens with one attached hydrogen (secondary N) is 1. The van der Waals surface area contributed by atoms with Crippen LogP contribution in [-0.4, -0.2) is 15.3 Å². The van der Waals surface area contributed by atoms with Gasteiger partial charge in [0.15, 0.2) is 5.82 Å². The highest BCUT2D eigenvalue weighted by Crippen LogP contribution is 2.30. The van der Waals surface area contributed by atoms with Crippen molar-refractivity contribution in [3.63, 3.8) is 0 Å². The van der Waals surface area contributed by atoms with Gasteiger partial charge in [-0.25, -0.2) is 4.98 Å². The SMILES string of the molecule is O=c1c2ccccc2nc2n1CC/C2=N/Nc1cccc(C(F)(F)F)c1. The number of hydrazone groups is 1. The number of nitrogens with zero attached hydrogens (tertiary/aromatic N) is 3. The Morgan fingerprint density at radius 3 is 2.73 bits per heavy atom. The van der Waals surface area contributed by atoms with Gasteiger partial charge in [0.1, 0.15) is 5.71 Å². The van der Waals surface area contributed by atoms with Crippen LogP contribution in [0.4, 0.5) is 18.9 Å². The van der Waals surface area contributed by atoms with Crippen LogP contribution < -0.4 is 11.0 Å². The second-order valence-electron chi connectivity index (χ2n) is 5.91. The molecule has 0 fully saturated rings. The van der Waals surface area contributed by atoms with Gasteiger partial charge < -0.3 is 0 Å². The molecule has 0 radical (unpaired) electrons. The van der Waals surface area contributed by atoms with Crippen molar-refractivity contribution in [2.75, 3.05) is 5.43 Å². The first kappa shape index (κ1) is 16.3. The number of anilines is 1. The summed E-state index contributed by atoms with van der Waals surface area (Å²) in [7, 11) is 0. The van der Waals surface area contributed by atoms with Crippen LogP contribution in [0.2, 0.25) is 0 Å². The number of hydrogen-bond acceptors (Lipinski definition) is 4. The van der Waals surface area contributed by atoms with Gasteiger partial charge in [0.2, 0.25) is 0 Å². The molecule has 4 rings (SSSR count). The summed E-state index contributed by atoms with van der Waals surface area (Å²) in [5.41, 5.74) is 3.06. The van der Waals surface area contributed by atoms with E-state index in [1.165, 1.54) is 16.7 Å². The van der Waals surface area contributed by atoms with Crippen molar-refractivity contribution in [2.24, 2.45) is 5.10 Å². The molecule has 26 heavy (non-hydrogen) atoms. The van der Waals surface area contributed by atoms with Crippen molar-refractivity contribution in [1.29, 1.82) is 0 Å². The molecule has 0 saturated carbocycles. The van der Waals surface area contributed by atoms with Gasteiger partial charge in [-0.1, -0.05) is 18.2 Å². The Hall–Kier alpha value is -3.16. The number of para-hydroxylation sites is 1. The maximum atomic E-state index is 12.8. The van der Waals surface area contributed by atoms with Crippen molar-refractivity contribution in [3.05, 3.63) is 70.3 Å². The van der Waals surface area contributed by atoms with E-state index in [1.54, 1.807) is 24.3 Å². The first-order valence-corrected chi connectivity index (χ1v) is 7.93. The summed E-state index contributed by atoms with van der Waals surface area (Å²) < 4.78 is 39.9. The Kier molecular flexibility index (Phi) is 3.75.